The molecule has 0 radical (unpaired) electrons. The summed E-state index contributed by atoms with van der Waals surface area (Å²) in [5.41, 5.74) is 3.91. The quantitative estimate of drug-likeness (QED) is 0.412. The largest absolute Gasteiger partial charge is 0.418 e. The van der Waals surface area contributed by atoms with Crippen LogP contribution in [-0.4, -0.2) is 82.2 Å². The Kier molecular flexibility index (Phi) is 5.44. The first-order valence-electron chi connectivity index (χ1n) is 9.60. The number of piperidine rings is 1. The van der Waals surface area contributed by atoms with Gasteiger partial charge >= 0.3 is 16.4 Å². The highest BCUT2D eigenvalue weighted by Crippen LogP contribution is 2.38. The van der Waals surface area contributed by atoms with Crippen molar-refractivity contribution in [1.29, 1.82) is 0 Å². The molecule has 0 saturated carbocycles. The van der Waals surface area contributed by atoms with Crippen LogP contribution in [0.25, 0.3) is 0 Å². The molecule has 1 aromatic heterocycles. The number of nitrogens with two attached hydrogens (primary N) is 1. The highest BCUT2D eigenvalue weighted by Gasteiger charge is 2.58. The first-order valence-corrected chi connectivity index (χ1v) is 11.0. The fourth-order valence-electron chi connectivity index (χ4n) is 4.40. The Morgan fingerprint density at radius 1 is 1.47 bits per heavy atom. The second-order valence-corrected chi connectivity index (χ2v) is 8.81. The lowest BCUT2D eigenvalue weighted by molar-refractivity contribution is -0.175. The van der Waals surface area contributed by atoms with Gasteiger partial charge in [0.1, 0.15) is 0 Å². The molecule has 2 bridgehead atoms. The van der Waals surface area contributed by atoms with Gasteiger partial charge < -0.3 is 15.8 Å². The number of rotatable bonds is 8. The molecule has 3 aliphatic rings. The number of nitrogens with zero attached hydrogens (tertiary/aromatic N) is 4. The molecule has 4 rings (SSSR count). The van der Waals surface area contributed by atoms with E-state index in [1.165, 1.54) is 0 Å². The van der Waals surface area contributed by atoms with Crippen molar-refractivity contribution in [1.82, 2.24) is 25.1 Å². The predicted octanol–water partition coefficient (Wildman–Crippen LogP) is -1.31. The third kappa shape index (κ3) is 4.00. The molecule has 0 spiro atoms. The summed E-state index contributed by atoms with van der Waals surface area (Å²) in [6.45, 7) is 1.66. The number of fused-ring (bicyclic) bond motifs is 2. The first-order chi connectivity index (χ1) is 14.2. The molecule has 3 aliphatic heterocycles. The van der Waals surface area contributed by atoms with E-state index in [2.05, 4.69) is 14.7 Å². The number of urea groups is 1. The van der Waals surface area contributed by atoms with E-state index in [1.54, 1.807) is 6.20 Å². The zero-order valence-corrected chi connectivity index (χ0v) is 16.9. The van der Waals surface area contributed by atoms with Crippen LogP contribution in [0.3, 0.4) is 0 Å². The van der Waals surface area contributed by atoms with Crippen LogP contribution in [0.2, 0.25) is 0 Å². The molecule has 3 fully saturated rings. The van der Waals surface area contributed by atoms with Gasteiger partial charge in [-0.05, 0) is 24.8 Å². The van der Waals surface area contributed by atoms with Crippen LogP contribution >= 0.6 is 0 Å². The average Bonchev–Trinajstić information content (AvgIpc) is 3.39. The molecular weight excluding hydrogens is 420 g/mol. The van der Waals surface area contributed by atoms with Gasteiger partial charge in [-0.1, -0.05) is 0 Å². The number of nitrogens with one attached hydrogen (secondary N) is 1. The number of primary amides is 1. The number of aromatic nitrogens is 2. The van der Waals surface area contributed by atoms with Crippen LogP contribution < -0.4 is 11.1 Å². The van der Waals surface area contributed by atoms with Crippen molar-refractivity contribution in [3.05, 3.63) is 18.5 Å². The van der Waals surface area contributed by atoms with Gasteiger partial charge in [0.25, 0.3) is 5.91 Å². The maximum Gasteiger partial charge on any atom is 0.418 e. The molecule has 1 aromatic rings. The van der Waals surface area contributed by atoms with E-state index in [0.717, 1.165) is 24.4 Å². The summed E-state index contributed by atoms with van der Waals surface area (Å²) in [6, 6.07) is 0.281. The normalized spacial score (nSPS) is 31.5. The van der Waals surface area contributed by atoms with E-state index in [4.69, 9.17) is 15.0 Å². The van der Waals surface area contributed by atoms with Gasteiger partial charge in [-0.15, -0.1) is 4.28 Å². The zero-order chi connectivity index (χ0) is 21.5. The molecule has 4 heterocycles. The minimum atomic E-state index is -4.89. The van der Waals surface area contributed by atoms with Gasteiger partial charge in [-0.25, -0.2) is 4.79 Å². The number of carbonyl (C=O) groups excluding carboxylic acids is 2. The molecule has 4 atom stereocenters. The van der Waals surface area contributed by atoms with E-state index in [1.807, 2.05) is 16.9 Å². The van der Waals surface area contributed by atoms with Crippen LogP contribution in [-0.2, 0) is 30.8 Å². The number of hydrogen-bond acceptors (Lipinski definition) is 8. The van der Waals surface area contributed by atoms with E-state index in [9.17, 15) is 18.0 Å². The molecule has 3 saturated heterocycles. The number of hydrogen-bond donors (Lipinski definition) is 3. The Morgan fingerprint density at radius 3 is 2.93 bits per heavy atom. The van der Waals surface area contributed by atoms with Gasteiger partial charge in [-0.3, -0.25) is 18.9 Å². The number of carbonyl (C=O) groups is 2. The molecule has 3 amide bonds. The smallest absolute Gasteiger partial charge is 0.365 e. The van der Waals surface area contributed by atoms with Crippen LogP contribution in [0.4, 0.5) is 4.79 Å². The van der Waals surface area contributed by atoms with Gasteiger partial charge in [0.15, 0.2) is 0 Å². The zero-order valence-electron chi connectivity index (χ0n) is 16.1. The lowest BCUT2D eigenvalue weighted by Gasteiger charge is -2.40. The highest BCUT2D eigenvalue weighted by atomic mass is 32.3. The topological polar surface area (TPSA) is 169 Å². The summed E-state index contributed by atoms with van der Waals surface area (Å²) in [7, 11) is -4.89. The van der Waals surface area contributed by atoms with Crippen molar-refractivity contribution in [3.63, 3.8) is 0 Å². The van der Waals surface area contributed by atoms with Crippen LogP contribution in [0.15, 0.2) is 18.5 Å². The summed E-state index contributed by atoms with van der Waals surface area (Å²) in [5, 5.41) is 8.09. The van der Waals surface area contributed by atoms with Gasteiger partial charge in [0.2, 0.25) is 5.72 Å². The monoisotopic (exact) mass is 444 g/mol. The van der Waals surface area contributed by atoms with Gasteiger partial charge in [0, 0.05) is 44.5 Å². The first kappa shape index (κ1) is 21.0. The Balaban J connectivity index is 1.40. The molecule has 4 N–H and O–H groups in total. The molecule has 14 heteroatoms. The van der Waals surface area contributed by atoms with Crippen LogP contribution in [0, 0.1) is 5.92 Å². The third-order valence-corrected chi connectivity index (χ3v) is 6.15. The van der Waals surface area contributed by atoms with Crippen LogP contribution in [0.5, 0.6) is 0 Å². The minimum Gasteiger partial charge on any atom is -0.365 e. The molecule has 166 valence electrons. The Hall–Kier alpha value is -2.26. The molecule has 0 aromatic carbocycles. The third-order valence-electron chi connectivity index (χ3n) is 5.80. The highest BCUT2D eigenvalue weighted by molar-refractivity contribution is 7.80. The van der Waals surface area contributed by atoms with Gasteiger partial charge in [-0.2, -0.15) is 18.6 Å². The Bertz CT molecular complexity index is 909. The maximum absolute atomic E-state index is 12.6. The number of amides is 3. The van der Waals surface area contributed by atoms with Crippen molar-refractivity contribution >= 4 is 22.3 Å². The van der Waals surface area contributed by atoms with Gasteiger partial charge in [0.05, 0.1) is 12.6 Å². The second-order valence-electron chi connectivity index (χ2n) is 7.81. The van der Waals surface area contributed by atoms with E-state index in [-0.39, 0.29) is 32.0 Å². The molecule has 13 nitrogen and oxygen atoms in total. The van der Waals surface area contributed by atoms with Crippen molar-refractivity contribution in [2.45, 2.75) is 43.6 Å². The average molecular weight is 444 g/mol. The summed E-state index contributed by atoms with van der Waals surface area (Å²) in [5.74, 6) is -0.500. The summed E-state index contributed by atoms with van der Waals surface area (Å²) in [6.07, 6.45) is 4.72. The lowest BCUT2D eigenvalue weighted by Crippen LogP contribution is -2.62. The van der Waals surface area contributed by atoms with E-state index in [0.29, 0.717) is 11.0 Å². The SMILES string of the molecule is NC(=O)C1(OC[C@H]2C[C@H](Cn3cccn3)CN2)CCC2CN1C(=O)N2OS(=O)(=O)O. The fourth-order valence-corrected chi connectivity index (χ4v) is 4.79. The number of hydroxylamine groups is 2. The van der Waals surface area contributed by atoms with Crippen molar-refractivity contribution in [3.8, 4) is 0 Å². The summed E-state index contributed by atoms with van der Waals surface area (Å²) < 4.78 is 43.2. The second kappa shape index (κ2) is 7.77. The van der Waals surface area contributed by atoms with Crippen molar-refractivity contribution < 1.29 is 31.6 Å². The summed E-state index contributed by atoms with van der Waals surface area (Å²) >= 11 is 0. The van der Waals surface area contributed by atoms with Crippen molar-refractivity contribution in [2.24, 2.45) is 11.7 Å². The lowest BCUT2D eigenvalue weighted by atomic mass is 9.96. The molecular formula is C16H24N6O7S. The minimum absolute atomic E-state index is 0.00267. The molecule has 2 unspecified atom stereocenters. The number of ether oxygens (including phenoxy) is 1. The predicted molar refractivity (Wildman–Crippen MR) is 99.6 cm³/mol. The Labute approximate surface area is 173 Å². The maximum atomic E-state index is 12.6. The van der Waals surface area contributed by atoms with E-state index < -0.39 is 34.1 Å². The van der Waals surface area contributed by atoms with Crippen molar-refractivity contribution in [2.75, 3.05) is 19.7 Å². The fraction of sp³-hybridized carbons (Fsp3) is 0.688. The van der Waals surface area contributed by atoms with E-state index >= 15 is 0 Å². The van der Waals surface area contributed by atoms with Crippen LogP contribution in [0.1, 0.15) is 19.3 Å². The molecule has 30 heavy (non-hydrogen) atoms. The molecule has 0 aliphatic carbocycles. The summed E-state index contributed by atoms with van der Waals surface area (Å²) in [4.78, 5) is 26.0. The Morgan fingerprint density at radius 2 is 2.27 bits per heavy atom. The standard InChI is InChI=1S/C16H24N6O7S/c17-14(23)16(3-2-13-9-21(16)15(24)22(13)29-30(25,26)27)28-10-12-6-11(7-18-12)8-20-5-1-4-19-20/h1,4-5,11-13,18H,2-3,6-10H2,(H2,17,23)(H,25,26,27)/t11-,12+,13?,16?/m0/s1.